The third-order valence-corrected chi connectivity index (χ3v) is 10.4. The average Bonchev–Trinajstić information content (AvgIpc) is 3.27. The van der Waals surface area contributed by atoms with Gasteiger partial charge in [-0.2, -0.15) is 0 Å². The number of fused-ring (bicyclic) bond motifs is 2. The molecule has 0 saturated heterocycles. The Balaban J connectivity index is 1.76. The third kappa shape index (κ3) is 3.93. The van der Waals surface area contributed by atoms with Gasteiger partial charge in [0.1, 0.15) is 0 Å². The first-order chi connectivity index (χ1) is 15.4. The molecule has 0 aromatic heterocycles. The molecular weight excluding hydrogens is 427 g/mol. The lowest BCUT2D eigenvalue weighted by atomic mass is 10.1. The fraction of sp³-hybridized carbons (Fsp3) is 0.138. The number of rotatable bonds is 4. The Morgan fingerprint density at radius 3 is 1.69 bits per heavy atom. The lowest BCUT2D eigenvalue weighted by Crippen LogP contribution is -2.30. The van der Waals surface area contributed by atoms with Crippen LogP contribution in [0, 0.1) is 30.2 Å². The van der Waals surface area contributed by atoms with Gasteiger partial charge in [-0.1, -0.05) is 84.9 Å². The van der Waals surface area contributed by atoms with Crippen LogP contribution in [0.25, 0.3) is 21.5 Å². The van der Waals surface area contributed by atoms with Crippen LogP contribution < -0.4 is 10.6 Å². The predicted molar refractivity (Wildman–Crippen MR) is 141 cm³/mol. The van der Waals surface area contributed by atoms with Crippen LogP contribution in [0.5, 0.6) is 0 Å². The van der Waals surface area contributed by atoms with Gasteiger partial charge in [0.2, 0.25) is 0 Å². The van der Waals surface area contributed by atoms with Crippen molar-refractivity contribution in [1.82, 2.24) is 0 Å². The van der Waals surface area contributed by atoms with Crippen molar-refractivity contribution < 1.29 is 4.21 Å². The molecule has 4 aromatic carbocycles. The molecule has 0 aliphatic heterocycles. The maximum absolute atomic E-state index is 13.6. The van der Waals surface area contributed by atoms with Gasteiger partial charge in [0.05, 0.1) is 5.25 Å². The molecule has 1 saturated carbocycles. The predicted octanol–water partition coefficient (Wildman–Crippen LogP) is 6.66. The van der Waals surface area contributed by atoms with Crippen molar-refractivity contribution >= 4 is 50.9 Å². The molecule has 1 aliphatic carbocycles. The van der Waals surface area contributed by atoms with Crippen molar-refractivity contribution in [1.29, 1.82) is 0 Å². The van der Waals surface area contributed by atoms with Gasteiger partial charge in [0.25, 0.3) is 0 Å². The second kappa shape index (κ2) is 8.73. The van der Waals surface area contributed by atoms with Crippen molar-refractivity contribution in [3.05, 3.63) is 115 Å². The van der Waals surface area contributed by atoms with E-state index in [1.165, 1.54) is 37.8 Å². The minimum absolute atomic E-state index is 0.318. The van der Waals surface area contributed by atoms with Gasteiger partial charge in [0, 0.05) is 21.2 Å². The summed E-state index contributed by atoms with van der Waals surface area (Å²) in [6.07, 6.45) is 6.32. The second-order valence-electron chi connectivity index (χ2n) is 8.99. The summed E-state index contributed by atoms with van der Waals surface area (Å²) < 4.78 is 13.2. The Morgan fingerprint density at radius 2 is 1.16 bits per heavy atom. The van der Waals surface area contributed by atoms with E-state index in [2.05, 4.69) is 125 Å². The maximum Gasteiger partial charge on any atom is 0.0795 e. The molecule has 1 nitrogen and oxygen atoms in total. The molecule has 4 aromatic rings. The zero-order valence-electron chi connectivity index (χ0n) is 18.6. The summed E-state index contributed by atoms with van der Waals surface area (Å²) in [7, 11) is -2.00. The van der Waals surface area contributed by atoms with E-state index in [-0.39, 0.29) is 4.75 Å². The van der Waals surface area contributed by atoms with Crippen LogP contribution in [0.4, 0.5) is 0 Å². The lowest BCUT2D eigenvalue weighted by molar-refractivity contribution is 0.651. The SMILES string of the molecule is CC(C)(C)[S@@](=O)[C]1[CH][CH][CH][C]1P(c1cccc2ccccc12)c1cccc2ccccc12. The van der Waals surface area contributed by atoms with Crippen molar-refractivity contribution in [2.75, 3.05) is 0 Å². The Morgan fingerprint density at radius 1 is 0.656 bits per heavy atom. The summed E-state index contributed by atoms with van der Waals surface area (Å²) in [4.78, 5) is 0. The van der Waals surface area contributed by atoms with E-state index < -0.39 is 18.7 Å². The Bertz CT molecular complexity index is 1200. The molecule has 0 bridgehead atoms. The van der Waals surface area contributed by atoms with Crippen LogP contribution in [-0.4, -0.2) is 8.96 Å². The van der Waals surface area contributed by atoms with Crippen molar-refractivity contribution in [2.45, 2.75) is 25.5 Å². The van der Waals surface area contributed by atoms with Crippen molar-refractivity contribution in [3.8, 4) is 0 Å². The van der Waals surface area contributed by atoms with Crippen LogP contribution in [-0.2, 0) is 10.8 Å². The van der Waals surface area contributed by atoms with E-state index >= 15 is 0 Å². The molecule has 5 radical (unpaired) electrons. The summed E-state index contributed by atoms with van der Waals surface area (Å²) in [5, 5.41) is 8.60. The van der Waals surface area contributed by atoms with Gasteiger partial charge in [-0.3, -0.25) is 4.21 Å². The van der Waals surface area contributed by atoms with Gasteiger partial charge in [-0.25, -0.2) is 0 Å². The highest BCUT2D eigenvalue weighted by atomic mass is 32.2. The van der Waals surface area contributed by atoms with Crippen LogP contribution in [0.1, 0.15) is 20.8 Å². The third-order valence-electron chi connectivity index (χ3n) is 5.77. The van der Waals surface area contributed by atoms with Crippen LogP contribution in [0.3, 0.4) is 0 Å². The molecule has 1 fully saturated rings. The monoisotopic (exact) mass is 453 g/mol. The molecular formula is C29H26OPS. The zero-order chi connectivity index (χ0) is 22.3. The summed E-state index contributed by atoms with van der Waals surface area (Å²) in [6, 6.07) is 30.4. The standard InChI is InChI=1S/C29H26OPS/c1-29(2,3)32(30)28-20-10-19-27(28)31(25-17-8-13-21-11-4-6-15-23(21)25)26-18-9-14-22-12-5-7-16-24(22)26/h4-20H,1-3H3/t32-/m0/s1. The highest BCUT2D eigenvalue weighted by molar-refractivity contribution is 7.91. The first kappa shape index (κ1) is 21.8. The van der Waals surface area contributed by atoms with Crippen LogP contribution in [0.15, 0.2) is 84.9 Å². The molecule has 0 amide bonds. The van der Waals surface area contributed by atoms with Gasteiger partial charge >= 0.3 is 0 Å². The highest BCUT2D eigenvalue weighted by Crippen LogP contribution is 2.59. The first-order valence-corrected chi connectivity index (χ1v) is 13.4. The Kier molecular flexibility index (Phi) is 5.95. The summed E-state index contributed by atoms with van der Waals surface area (Å²) in [5.74, 6) is 0. The molecule has 0 heterocycles. The average molecular weight is 454 g/mol. The lowest BCUT2D eigenvalue weighted by Gasteiger charge is -2.33. The molecule has 5 rings (SSSR count). The fourth-order valence-electron chi connectivity index (χ4n) is 4.26. The van der Waals surface area contributed by atoms with Crippen molar-refractivity contribution in [2.24, 2.45) is 0 Å². The molecule has 1 aliphatic rings. The first-order valence-electron chi connectivity index (χ1n) is 10.9. The van der Waals surface area contributed by atoms with E-state index in [1.807, 2.05) is 0 Å². The van der Waals surface area contributed by atoms with Gasteiger partial charge < -0.3 is 0 Å². The number of hydrogen-bond acceptors (Lipinski definition) is 1. The molecule has 0 unspecified atom stereocenters. The molecule has 0 N–H and O–H groups in total. The normalized spacial score (nSPS) is 16.9. The maximum atomic E-state index is 13.6. The van der Waals surface area contributed by atoms with Gasteiger partial charge in [-0.15, -0.1) is 0 Å². The van der Waals surface area contributed by atoms with E-state index in [1.54, 1.807) is 0 Å². The minimum Gasteiger partial charge on any atom is -0.258 e. The fourth-order valence-corrected chi connectivity index (χ4v) is 8.57. The van der Waals surface area contributed by atoms with E-state index in [0.717, 1.165) is 5.25 Å². The number of hydrogen-bond donors (Lipinski definition) is 0. The van der Waals surface area contributed by atoms with Crippen LogP contribution in [0.2, 0.25) is 0 Å². The Labute approximate surface area is 195 Å². The van der Waals surface area contributed by atoms with Crippen molar-refractivity contribution in [3.63, 3.8) is 0 Å². The number of benzene rings is 4. The minimum atomic E-state index is -1.10. The molecule has 1 atom stereocenters. The Hall–Kier alpha value is -2.02. The molecule has 159 valence electrons. The smallest absolute Gasteiger partial charge is 0.0795 e. The summed E-state index contributed by atoms with van der Waals surface area (Å²) in [5.41, 5.74) is 1.20. The molecule has 32 heavy (non-hydrogen) atoms. The quantitative estimate of drug-likeness (QED) is 0.316. The topological polar surface area (TPSA) is 17.1 Å². The summed E-state index contributed by atoms with van der Waals surface area (Å²) in [6.45, 7) is 6.16. The van der Waals surface area contributed by atoms with Crippen LogP contribution >= 0.6 is 7.92 Å². The highest BCUT2D eigenvalue weighted by Gasteiger charge is 2.44. The second-order valence-corrected chi connectivity index (χ2v) is 13.3. The largest absolute Gasteiger partial charge is 0.258 e. The van der Waals surface area contributed by atoms with E-state index in [9.17, 15) is 4.21 Å². The summed E-state index contributed by atoms with van der Waals surface area (Å²) >= 11 is 0. The zero-order valence-corrected chi connectivity index (χ0v) is 20.3. The van der Waals surface area contributed by atoms with E-state index in [0.29, 0.717) is 0 Å². The molecule has 0 spiro atoms. The van der Waals surface area contributed by atoms with Gasteiger partial charge in [-0.05, 0) is 80.1 Å². The van der Waals surface area contributed by atoms with E-state index in [4.69, 9.17) is 0 Å². The van der Waals surface area contributed by atoms with Gasteiger partial charge in [0.15, 0.2) is 0 Å². The molecule has 3 heteroatoms.